The van der Waals surface area contributed by atoms with Crippen molar-refractivity contribution in [2.45, 2.75) is 12.8 Å². The zero-order chi connectivity index (χ0) is 10.6. The maximum atomic E-state index is 11.0. The molecule has 0 atom stereocenters. The first-order valence-corrected chi connectivity index (χ1v) is 5.03. The van der Waals surface area contributed by atoms with Crippen molar-refractivity contribution < 1.29 is 4.79 Å². The molecular weight excluding hydrogens is 221 g/mol. The molecule has 0 saturated heterocycles. The van der Waals surface area contributed by atoms with Crippen LogP contribution in [-0.2, 0) is 11.2 Å². The van der Waals surface area contributed by atoms with Gasteiger partial charge in [0.25, 0.3) is 0 Å². The number of carbonyl (C=O) groups excluding carboxylic acids is 1. The highest BCUT2D eigenvalue weighted by Gasteiger charge is 2.03. The molecule has 0 aromatic heterocycles. The zero-order valence-corrected chi connectivity index (χ0v) is 9.32. The summed E-state index contributed by atoms with van der Waals surface area (Å²) in [5.41, 5.74) is 0.944. The molecule has 0 aliphatic carbocycles. The van der Waals surface area contributed by atoms with E-state index in [9.17, 15) is 4.79 Å². The molecule has 14 heavy (non-hydrogen) atoms. The van der Waals surface area contributed by atoms with E-state index in [4.69, 9.17) is 23.2 Å². The van der Waals surface area contributed by atoms with E-state index in [-0.39, 0.29) is 5.91 Å². The van der Waals surface area contributed by atoms with Gasteiger partial charge in [-0.1, -0.05) is 29.3 Å². The number of rotatable bonds is 3. The molecule has 0 aliphatic rings. The summed E-state index contributed by atoms with van der Waals surface area (Å²) in [4.78, 5) is 11.0. The third-order valence-electron chi connectivity index (χ3n) is 1.92. The Morgan fingerprint density at radius 1 is 1.43 bits per heavy atom. The van der Waals surface area contributed by atoms with Crippen LogP contribution in [0.2, 0.25) is 10.0 Å². The molecule has 0 radical (unpaired) electrons. The van der Waals surface area contributed by atoms with Crippen LogP contribution in [0.15, 0.2) is 18.2 Å². The molecule has 1 aromatic carbocycles. The van der Waals surface area contributed by atoms with Gasteiger partial charge in [0, 0.05) is 23.5 Å². The summed E-state index contributed by atoms with van der Waals surface area (Å²) in [6.45, 7) is 0. The van der Waals surface area contributed by atoms with Gasteiger partial charge in [0.1, 0.15) is 0 Å². The van der Waals surface area contributed by atoms with E-state index in [1.54, 1.807) is 19.2 Å². The van der Waals surface area contributed by atoms with Crippen LogP contribution in [0.4, 0.5) is 0 Å². The maximum absolute atomic E-state index is 11.0. The third kappa shape index (κ3) is 3.20. The van der Waals surface area contributed by atoms with E-state index in [0.29, 0.717) is 22.9 Å². The van der Waals surface area contributed by atoms with Crippen molar-refractivity contribution in [1.82, 2.24) is 5.32 Å². The number of hydrogen-bond acceptors (Lipinski definition) is 1. The lowest BCUT2D eigenvalue weighted by atomic mass is 10.1. The van der Waals surface area contributed by atoms with Gasteiger partial charge in [-0.25, -0.2) is 0 Å². The minimum atomic E-state index is 0.0102. The second-order valence-corrected chi connectivity index (χ2v) is 3.75. The predicted octanol–water partition coefficient (Wildman–Crippen LogP) is 2.67. The largest absolute Gasteiger partial charge is 0.359 e. The Balaban J connectivity index is 2.63. The summed E-state index contributed by atoms with van der Waals surface area (Å²) in [5, 5.41) is 3.78. The van der Waals surface area contributed by atoms with E-state index in [0.717, 1.165) is 5.56 Å². The number of hydrogen-bond donors (Lipinski definition) is 1. The summed E-state index contributed by atoms with van der Waals surface area (Å²) >= 11 is 11.7. The average molecular weight is 232 g/mol. The summed E-state index contributed by atoms with van der Waals surface area (Å²) in [5.74, 6) is 0.0102. The number of amides is 1. The molecule has 0 aliphatic heterocycles. The fourth-order valence-electron chi connectivity index (χ4n) is 1.10. The molecule has 0 fully saturated rings. The number of benzene rings is 1. The van der Waals surface area contributed by atoms with E-state index < -0.39 is 0 Å². The lowest BCUT2D eigenvalue weighted by Gasteiger charge is -2.03. The second-order valence-electron chi connectivity index (χ2n) is 2.91. The standard InChI is InChI=1S/C10H11Cl2NO/c1-13-10(14)5-3-7-2-4-8(11)6-9(7)12/h2,4,6H,3,5H2,1H3,(H,13,14). The molecule has 1 rings (SSSR count). The van der Waals surface area contributed by atoms with Crippen LogP contribution in [0.25, 0.3) is 0 Å². The lowest BCUT2D eigenvalue weighted by Crippen LogP contribution is -2.17. The Morgan fingerprint density at radius 2 is 2.14 bits per heavy atom. The number of nitrogens with one attached hydrogen (secondary N) is 1. The Labute approximate surface area is 93.2 Å². The lowest BCUT2D eigenvalue weighted by molar-refractivity contribution is -0.120. The molecule has 2 nitrogen and oxygen atoms in total. The van der Waals surface area contributed by atoms with Crippen LogP contribution >= 0.6 is 23.2 Å². The highest BCUT2D eigenvalue weighted by Crippen LogP contribution is 2.21. The van der Waals surface area contributed by atoms with Gasteiger partial charge in [-0.3, -0.25) is 4.79 Å². The van der Waals surface area contributed by atoms with Crippen molar-refractivity contribution in [2.24, 2.45) is 0 Å². The highest BCUT2D eigenvalue weighted by molar-refractivity contribution is 6.35. The Hall–Kier alpha value is -0.730. The Kier molecular flexibility index (Phi) is 4.23. The minimum absolute atomic E-state index is 0.0102. The van der Waals surface area contributed by atoms with Gasteiger partial charge in [-0.05, 0) is 24.1 Å². The number of carbonyl (C=O) groups is 1. The molecule has 1 N–H and O–H groups in total. The fraction of sp³-hybridized carbons (Fsp3) is 0.300. The first-order chi connectivity index (χ1) is 6.63. The van der Waals surface area contributed by atoms with Crippen LogP contribution in [0.3, 0.4) is 0 Å². The minimum Gasteiger partial charge on any atom is -0.359 e. The van der Waals surface area contributed by atoms with Crippen LogP contribution < -0.4 is 5.32 Å². The van der Waals surface area contributed by atoms with E-state index in [2.05, 4.69) is 5.32 Å². The molecule has 1 aromatic rings. The van der Waals surface area contributed by atoms with Crippen LogP contribution in [-0.4, -0.2) is 13.0 Å². The van der Waals surface area contributed by atoms with Gasteiger partial charge in [-0.15, -0.1) is 0 Å². The fourth-order valence-corrected chi connectivity index (χ4v) is 1.60. The Morgan fingerprint density at radius 3 is 2.71 bits per heavy atom. The van der Waals surface area contributed by atoms with Crippen molar-refractivity contribution in [2.75, 3.05) is 7.05 Å². The summed E-state index contributed by atoms with van der Waals surface area (Å²) in [7, 11) is 1.62. The van der Waals surface area contributed by atoms with Gasteiger partial charge in [0.2, 0.25) is 5.91 Å². The predicted molar refractivity (Wildman–Crippen MR) is 58.8 cm³/mol. The number of aryl methyl sites for hydroxylation is 1. The average Bonchev–Trinajstić information content (AvgIpc) is 2.16. The van der Waals surface area contributed by atoms with Gasteiger partial charge in [0.05, 0.1) is 0 Å². The molecule has 0 unspecified atom stereocenters. The van der Waals surface area contributed by atoms with E-state index in [1.807, 2.05) is 6.07 Å². The van der Waals surface area contributed by atoms with E-state index in [1.165, 1.54) is 0 Å². The first-order valence-electron chi connectivity index (χ1n) is 4.28. The van der Waals surface area contributed by atoms with Gasteiger partial charge >= 0.3 is 0 Å². The molecule has 1 amide bonds. The topological polar surface area (TPSA) is 29.1 Å². The van der Waals surface area contributed by atoms with Crippen LogP contribution in [0, 0.1) is 0 Å². The first kappa shape index (κ1) is 11.3. The monoisotopic (exact) mass is 231 g/mol. The van der Waals surface area contributed by atoms with Crippen molar-refractivity contribution in [1.29, 1.82) is 0 Å². The van der Waals surface area contributed by atoms with Gasteiger partial charge < -0.3 is 5.32 Å². The molecule has 0 heterocycles. The zero-order valence-electron chi connectivity index (χ0n) is 7.81. The maximum Gasteiger partial charge on any atom is 0.220 e. The summed E-state index contributed by atoms with van der Waals surface area (Å²) in [6, 6.07) is 5.29. The SMILES string of the molecule is CNC(=O)CCc1ccc(Cl)cc1Cl. The van der Waals surface area contributed by atoms with E-state index >= 15 is 0 Å². The third-order valence-corrected chi connectivity index (χ3v) is 2.50. The quantitative estimate of drug-likeness (QED) is 0.852. The van der Waals surface area contributed by atoms with Crippen molar-refractivity contribution in [3.63, 3.8) is 0 Å². The molecule has 4 heteroatoms. The van der Waals surface area contributed by atoms with Crippen LogP contribution in [0.5, 0.6) is 0 Å². The summed E-state index contributed by atoms with van der Waals surface area (Å²) in [6.07, 6.45) is 1.08. The van der Waals surface area contributed by atoms with Crippen molar-refractivity contribution >= 4 is 29.1 Å². The number of halogens is 2. The highest BCUT2D eigenvalue weighted by atomic mass is 35.5. The molecule has 76 valence electrons. The molecule has 0 spiro atoms. The molecular formula is C10H11Cl2NO. The van der Waals surface area contributed by atoms with Gasteiger partial charge in [-0.2, -0.15) is 0 Å². The normalized spacial score (nSPS) is 9.93. The smallest absolute Gasteiger partial charge is 0.220 e. The second kappa shape index (κ2) is 5.23. The van der Waals surface area contributed by atoms with Crippen LogP contribution in [0.1, 0.15) is 12.0 Å². The van der Waals surface area contributed by atoms with Crippen molar-refractivity contribution in [3.05, 3.63) is 33.8 Å². The Bertz CT molecular complexity index is 339. The van der Waals surface area contributed by atoms with Crippen molar-refractivity contribution in [3.8, 4) is 0 Å². The van der Waals surface area contributed by atoms with Gasteiger partial charge in [0.15, 0.2) is 0 Å². The molecule has 0 bridgehead atoms. The summed E-state index contributed by atoms with van der Waals surface area (Å²) < 4.78 is 0. The molecule has 0 saturated carbocycles.